The zero-order valence-corrected chi connectivity index (χ0v) is 14.4. The number of rotatable bonds is 3. The van der Waals surface area contributed by atoms with Crippen LogP contribution in [-0.4, -0.2) is 45.7 Å². The molecule has 0 aliphatic carbocycles. The summed E-state index contributed by atoms with van der Waals surface area (Å²) < 4.78 is 49.8. The first-order chi connectivity index (χ1) is 9.13. The van der Waals surface area contributed by atoms with Crippen LogP contribution in [0.1, 0.15) is 12.0 Å². The third-order valence-electron chi connectivity index (χ3n) is 3.47. The Hall–Kier alpha value is -0.440. The molecule has 0 saturated carbocycles. The third kappa shape index (κ3) is 3.08. The van der Waals surface area contributed by atoms with Gasteiger partial charge < -0.3 is 0 Å². The van der Waals surface area contributed by atoms with Gasteiger partial charge in [-0.3, -0.25) is 0 Å². The summed E-state index contributed by atoms with van der Waals surface area (Å²) in [7, 11) is -5.38. The third-order valence-corrected chi connectivity index (χ3v) is 8.10. The Bertz CT molecular complexity index is 728. The summed E-state index contributed by atoms with van der Waals surface area (Å²) in [6, 6.07) is 4.50. The standard InChI is InChI=1S/C12H16BrNO4S2/c1-9-3-4-12(11(13)7-9)20(17,18)14(2)10-5-6-19(15,16)8-10/h3-4,7,10H,5-6,8H2,1-2H3. The van der Waals surface area contributed by atoms with Gasteiger partial charge in [-0.25, -0.2) is 16.8 Å². The van der Waals surface area contributed by atoms with Gasteiger partial charge >= 0.3 is 0 Å². The minimum atomic E-state index is -3.70. The summed E-state index contributed by atoms with van der Waals surface area (Å²) in [6.45, 7) is 1.87. The van der Waals surface area contributed by atoms with E-state index in [0.29, 0.717) is 10.9 Å². The summed E-state index contributed by atoms with van der Waals surface area (Å²) in [5.74, 6) is -0.0567. The topological polar surface area (TPSA) is 71.5 Å². The van der Waals surface area contributed by atoms with Gasteiger partial charge in [0, 0.05) is 17.6 Å². The highest BCUT2D eigenvalue weighted by Crippen LogP contribution is 2.28. The second-order valence-corrected chi connectivity index (χ2v) is 10.1. The molecule has 112 valence electrons. The number of halogens is 1. The lowest BCUT2D eigenvalue weighted by molar-refractivity contribution is 0.393. The van der Waals surface area contributed by atoms with E-state index < -0.39 is 25.9 Å². The minimum Gasteiger partial charge on any atom is -0.229 e. The number of sulfone groups is 1. The van der Waals surface area contributed by atoms with E-state index in [1.54, 1.807) is 12.1 Å². The van der Waals surface area contributed by atoms with E-state index >= 15 is 0 Å². The van der Waals surface area contributed by atoms with Crippen molar-refractivity contribution in [3.05, 3.63) is 28.2 Å². The molecule has 1 unspecified atom stereocenters. The predicted octanol–water partition coefficient (Wildman–Crippen LogP) is 1.57. The van der Waals surface area contributed by atoms with Crippen LogP contribution in [0.3, 0.4) is 0 Å². The van der Waals surface area contributed by atoms with E-state index in [1.807, 2.05) is 6.92 Å². The van der Waals surface area contributed by atoms with Gasteiger partial charge in [-0.05, 0) is 47.0 Å². The second kappa shape index (κ2) is 5.40. The van der Waals surface area contributed by atoms with Gasteiger partial charge in [-0.1, -0.05) is 6.07 Å². The normalized spacial score (nSPS) is 22.3. The van der Waals surface area contributed by atoms with Crippen molar-refractivity contribution in [1.29, 1.82) is 0 Å². The van der Waals surface area contributed by atoms with Crippen LogP contribution in [0.4, 0.5) is 0 Å². The summed E-state index contributed by atoms with van der Waals surface area (Å²) in [5.41, 5.74) is 0.946. The minimum absolute atomic E-state index is 0.0482. The van der Waals surface area contributed by atoms with Crippen molar-refractivity contribution >= 4 is 35.8 Å². The molecule has 8 heteroatoms. The Morgan fingerprint density at radius 2 is 2.00 bits per heavy atom. The van der Waals surface area contributed by atoms with Gasteiger partial charge in [-0.2, -0.15) is 4.31 Å². The summed E-state index contributed by atoms with van der Waals surface area (Å²) >= 11 is 3.26. The monoisotopic (exact) mass is 381 g/mol. The largest absolute Gasteiger partial charge is 0.244 e. The first-order valence-corrected chi connectivity index (χ1v) is 10.1. The van der Waals surface area contributed by atoms with Crippen LogP contribution in [0.15, 0.2) is 27.6 Å². The fourth-order valence-corrected chi connectivity index (χ4v) is 6.63. The van der Waals surface area contributed by atoms with Crippen LogP contribution in [0.2, 0.25) is 0 Å². The number of sulfonamides is 1. The maximum Gasteiger partial charge on any atom is 0.244 e. The Balaban J connectivity index is 2.35. The molecule has 1 saturated heterocycles. The van der Waals surface area contributed by atoms with E-state index in [0.717, 1.165) is 5.56 Å². The summed E-state index contributed by atoms with van der Waals surface area (Å²) in [5, 5.41) is 0. The van der Waals surface area contributed by atoms with Crippen LogP contribution < -0.4 is 0 Å². The Kier molecular flexibility index (Phi) is 4.30. The molecule has 0 bridgehead atoms. The Morgan fingerprint density at radius 1 is 1.35 bits per heavy atom. The zero-order valence-electron chi connectivity index (χ0n) is 11.2. The molecule has 20 heavy (non-hydrogen) atoms. The molecule has 1 aromatic rings. The van der Waals surface area contributed by atoms with Crippen molar-refractivity contribution in [2.24, 2.45) is 0 Å². The highest BCUT2D eigenvalue weighted by Gasteiger charge is 2.37. The quantitative estimate of drug-likeness (QED) is 0.796. The van der Waals surface area contributed by atoms with Gasteiger partial charge in [0.15, 0.2) is 9.84 Å². The molecule has 1 aliphatic rings. The molecule has 0 radical (unpaired) electrons. The van der Waals surface area contributed by atoms with Crippen molar-refractivity contribution in [3.63, 3.8) is 0 Å². The first-order valence-electron chi connectivity index (χ1n) is 6.08. The fourth-order valence-electron chi connectivity index (χ4n) is 2.23. The number of hydrogen-bond acceptors (Lipinski definition) is 4. The van der Waals surface area contributed by atoms with Crippen LogP contribution >= 0.6 is 15.9 Å². The molecular weight excluding hydrogens is 366 g/mol. The molecule has 1 atom stereocenters. The van der Waals surface area contributed by atoms with Crippen molar-refractivity contribution in [2.45, 2.75) is 24.3 Å². The molecule has 1 aromatic carbocycles. The highest BCUT2D eigenvalue weighted by molar-refractivity contribution is 9.10. The van der Waals surface area contributed by atoms with E-state index in [-0.39, 0.29) is 16.4 Å². The van der Waals surface area contributed by atoms with Crippen LogP contribution in [-0.2, 0) is 19.9 Å². The van der Waals surface area contributed by atoms with E-state index in [1.165, 1.54) is 17.4 Å². The van der Waals surface area contributed by atoms with Crippen molar-refractivity contribution in [1.82, 2.24) is 4.31 Å². The average Bonchev–Trinajstić information content (AvgIpc) is 2.68. The number of aryl methyl sites for hydroxylation is 1. The molecule has 1 heterocycles. The van der Waals surface area contributed by atoms with Crippen LogP contribution in [0.5, 0.6) is 0 Å². The summed E-state index contributed by atoms with van der Waals surface area (Å²) in [4.78, 5) is 0.162. The number of hydrogen-bond donors (Lipinski definition) is 0. The SMILES string of the molecule is Cc1ccc(S(=O)(=O)N(C)C2CCS(=O)(=O)C2)c(Br)c1. The molecule has 0 aromatic heterocycles. The van der Waals surface area contributed by atoms with E-state index in [9.17, 15) is 16.8 Å². The average molecular weight is 382 g/mol. The van der Waals surface area contributed by atoms with Crippen LogP contribution in [0, 0.1) is 6.92 Å². The van der Waals surface area contributed by atoms with Gasteiger partial charge in [0.1, 0.15) is 0 Å². The summed E-state index contributed by atoms with van der Waals surface area (Å²) in [6.07, 6.45) is 0.349. The molecule has 0 amide bonds. The molecule has 1 fully saturated rings. The van der Waals surface area contributed by atoms with Crippen molar-refractivity contribution < 1.29 is 16.8 Å². The lowest BCUT2D eigenvalue weighted by Crippen LogP contribution is -2.37. The van der Waals surface area contributed by atoms with E-state index in [4.69, 9.17) is 0 Å². The fraction of sp³-hybridized carbons (Fsp3) is 0.500. The Labute approximate surface area is 128 Å². The van der Waals surface area contributed by atoms with Crippen molar-refractivity contribution in [2.75, 3.05) is 18.6 Å². The molecular formula is C12H16BrNO4S2. The molecule has 5 nitrogen and oxygen atoms in total. The van der Waals surface area contributed by atoms with Gasteiger partial charge in [0.05, 0.1) is 16.4 Å². The zero-order chi connectivity index (χ0) is 15.1. The van der Waals surface area contributed by atoms with Crippen LogP contribution in [0.25, 0.3) is 0 Å². The maximum absolute atomic E-state index is 12.6. The molecule has 0 spiro atoms. The molecule has 0 N–H and O–H groups in total. The lowest BCUT2D eigenvalue weighted by atomic mass is 10.2. The van der Waals surface area contributed by atoms with Gasteiger partial charge in [0.25, 0.3) is 0 Å². The lowest BCUT2D eigenvalue weighted by Gasteiger charge is -2.23. The maximum atomic E-state index is 12.6. The molecule has 1 aliphatic heterocycles. The predicted molar refractivity (Wildman–Crippen MR) is 80.9 cm³/mol. The van der Waals surface area contributed by atoms with Crippen molar-refractivity contribution in [3.8, 4) is 0 Å². The first kappa shape index (κ1) is 15.9. The molecule has 2 rings (SSSR count). The Morgan fingerprint density at radius 3 is 2.50 bits per heavy atom. The van der Waals surface area contributed by atoms with Gasteiger partial charge in [-0.15, -0.1) is 0 Å². The number of benzene rings is 1. The second-order valence-electron chi connectivity index (χ2n) is 5.01. The van der Waals surface area contributed by atoms with Gasteiger partial charge in [0.2, 0.25) is 10.0 Å². The number of nitrogens with zero attached hydrogens (tertiary/aromatic N) is 1. The smallest absolute Gasteiger partial charge is 0.229 e. The highest BCUT2D eigenvalue weighted by atomic mass is 79.9. The van der Waals surface area contributed by atoms with E-state index in [2.05, 4.69) is 15.9 Å².